The van der Waals surface area contributed by atoms with Crippen LogP contribution < -0.4 is 20.1 Å². The van der Waals surface area contributed by atoms with Crippen LogP contribution in [-0.4, -0.2) is 73.6 Å². The van der Waals surface area contributed by atoms with Crippen molar-refractivity contribution in [3.05, 3.63) is 48.0 Å². The van der Waals surface area contributed by atoms with Gasteiger partial charge in [-0.05, 0) is 36.4 Å². The van der Waals surface area contributed by atoms with E-state index < -0.39 is 15.9 Å². The molecule has 3 aromatic rings. The van der Waals surface area contributed by atoms with E-state index in [0.29, 0.717) is 22.9 Å². The Morgan fingerprint density at radius 3 is 2.56 bits per heavy atom. The van der Waals surface area contributed by atoms with E-state index in [1.807, 2.05) is 0 Å². The second-order valence-corrected chi connectivity index (χ2v) is 9.18. The van der Waals surface area contributed by atoms with Crippen molar-refractivity contribution in [1.82, 2.24) is 24.8 Å². The van der Waals surface area contributed by atoms with Crippen molar-refractivity contribution < 1.29 is 27.5 Å². The molecule has 34 heavy (non-hydrogen) atoms. The molecule has 1 aromatic heterocycles. The van der Waals surface area contributed by atoms with E-state index in [0.717, 1.165) is 4.31 Å². The number of benzene rings is 2. The predicted octanol–water partition coefficient (Wildman–Crippen LogP) is 0.862. The molecule has 3 N–H and O–H groups in total. The quantitative estimate of drug-likeness (QED) is 0.444. The lowest BCUT2D eigenvalue weighted by Gasteiger charge is -2.25. The van der Waals surface area contributed by atoms with Crippen LogP contribution in [0.25, 0.3) is 11.4 Å². The highest BCUT2D eigenvalue weighted by Crippen LogP contribution is 2.31. The van der Waals surface area contributed by atoms with Crippen molar-refractivity contribution in [3.8, 4) is 22.9 Å². The number of hydrogen-bond acceptors (Lipinski definition) is 8. The number of rotatable bonds is 7. The summed E-state index contributed by atoms with van der Waals surface area (Å²) in [5.41, 5.74) is 0.834. The third-order valence-electron chi connectivity index (χ3n) is 5.13. The lowest BCUT2D eigenvalue weighted by molar-refractivity contribution is -0.122. The minimum absolute atomic E-state index is 0.00877. The molecule has 0 atom stereocenters. The Hall–Kier alpha value is -3.97. The Kier molecular flexibility index (Phi) is 6.47. The lowest BCUT2D eigenvalue weighted by atomic mass is 10.2. The normalized spacial score (nSPS) is 14.4. The highest BCUT2D eigenvalue weighted by molar-refractivity contribution is 7.89. The number of H-pyrrole nitrogens is 1. The average molecular weight is 487 g/mol. The van der Waals surface area contributed by atoms with Crippen molar-refractivity contribution in [2.45, 2.75) is 4.90 Å². The monoisotopic (exact) mass is 486 g/mol. The summed E-state index contributed by atoms with van der Waals surface area (Å²) in [6, 6.07) is 10.6. The highest BCUT2D eigenvalue weighted by atomic mass is 32.2. The van der Waals surface area contributed by atoms with E-state index in [2.05, 4.69) is 25.8 Å². The molecule has 2 amide bonds. The minimum Gasteiger partial charge on any atom is -0.497 e. The number of nitrogens with one attached hydrogen (secondary N) is 3. The Balaban J connectivity index is 1.47. The van der Waals surface area contributed by atoms with Crippen LogP contribution in [0.4, 0.5) is 5.95 Å². The van der Waals surface area contributed by atoms with Crippen LogP contribution in [0, 0.1) is 0 Å². The van der Waals surface area contributed by atoms with Crippen LogP contribution in [0.2, 0.25) is 0 Å². The molecule has 13 heteroatoms. The smallest absolute Gasteiger partial charge is 0.258 e. The number of piperazine rings is 1. The molecular weight excluding hydrogens is 464 g/mol. The first-order chi connectivity index (χ1) is 16.3. The van der Waals surface area contributed by atoms with Gasteiger partial charge in [0.25, 0.3) is 5.91 Å². The van der Waals surface area contributed by atoms with Gasteiger partial charge in [-0.1, -0.05) is 0 Å². The zero-order chi connectivity index (χ0) is 24.3. The minimum atomic E-state index is -3.85. The molecule has 0 unspecified atom stereocenters. The van der Waals surface area contributed by atoms with Gasteiger partial charge in [-0.15, -0.1) is 5.10 Å². The van der Waals surface area contributed by atoms with Crippen LogP contribution in [0.5, 0.6) is 11.5 Å². The third kappa shape index (κ3) is 4.70. The Morgan fingerprint density at radius 2 is 1.88 bits per heavy atom. The third-order valence-corrected chi connectivity index (χ3v) is 6.99. The summed E-state index contributed by atoms with van der Waals surface area (Å²) in [4.78, 5) is 28.4. The Bertz CT molecular complexity index is 1320. The standard InChI is InChI=1S/C21H22N6O6S/c1-32-14-5-8-16(17(11-14)33-2)19-23-21(26-25-19)24-20(29)13-3-6-15(7-4-13)34(30,31)27-10-9-22-18(28)12-27/h3-8,11H,9-10,12H2,1-2H3,(H,22,28)(H2,23,24,25,26,29). The van der Waals surface area contributed by atoms with Gasteiger partial charge in [-0.3, -0.25) is 20.0 Å². The van der Waals surface area contributed by atoms with Gasteiger partial charge in [-0.25, -0.2) is 8.42 Å². The number of ether oxygens (including phenoxy) is 2. The van der Waals surface area contributed by atoms with Gasteiger partial charge in [0.1, 0.15) is 11.5 Å². The molecule has 12 nitrogen and oxygen atoms in total. The summed E-state index contributed by atoms with van der Waals surface area (Å²) in [5, 5.41) is 11.9. The molecule has 0 spiro atoms. The van der Waals surface area contributed by atoms with Gasteiger partial charge >= 0.3 is 0 Å². The fourth-order valence-electron chi connectivity index (χ4n) is 3.35. The first-order valence-electron chi connectivity index (χ1n) is 10.1. The topological polar surface area (TPSA) is 156 Å². The van der Waals surface area contributed by atoms with E-state index in [1.165, 1.54) is 31.4 Å². The van der Waals surface area contributed by atoms with Crippen molar-refractivity contribution in [1.29, 1.82) is 0 Å². The van der Waals surface area contributed by atoms with Crippen molar-refractivity contribution in [3.63, 3.8) is 0 Å². The molecule has 2 aromatic carbocycles. The van der Waals surface area contributed by atoms with Crippen molar-refractivity contribution in [2.75, 3.05) is 39.2 Å². The highest BCUT2D eigenvalue weighted by Gasteiger charge is 2.29. The second kappa shape index (κ2) is 9.49. The zero-order valence-electron chi connectivity index (χ0n) is 18.4. The maximum atomic E-state index is 12.7. The summed E-state index contributed by atoms with van der Waals surface area (Å²) in [6.07, 6.45) is 0. The number of sulfonamides is 1. The predicted molar refractivity (Wildman–Crippen MR) is 121 cm³/mol. The SMILES string of the molecule is COc1ccc(-c2nc(NC(=O)c3ccc(S(=O)(=O)N4CCNC(=O)C4)cc3)n[nH]2)c(OC)c1. The van der Waals surface area contributed by atoms with Gasteiger partial charge in [0.15, 0.2) is 5.82 Å². The van der Waals surface area contributed by atoms with E-state index >= 15 is 0 Å². The van der Waals surface area contributed by atoms with Crippen LogP contribution in [0.3, 0.4) is 0 Å². The molecule has 1 fully saturated rings. The molecule has 0 saturated carbocycles. The number of amides is 2. The summed E-state index contributed by atoms with van der Waals surface area (Å²) < 4.78 is 37.1. The van der Waals surface area contributed by atoms with E-state index in [-0.39, 0.29) is 41.9 Å². The second-order valence-electron chi connectivity index (χ2n) is 7.24. The molecule has 1 saturated heterocycles. The number of aromatic amines is 1. The van der Waals surface area contributed by atoms with Crippen LogP contribution in [-0.2, 0) is 14.8 Å². The number of carbonyl (C=O) groups is 2. The molecule has 1 aliphatic rings. The van der Waals surface area contributed by atoms with Crippen LogP contribution in [0.15, 0.2) is 47.4 Å². The maximum absolute atomic E-state index is 12.7. The molecule has 0 radical (unpaired) electrons. The molecular formula is C21H22N6O6S. The average Bonchev–Trinajstić information content (AvgIpc) is 3.31. The van der Waals surface area contributed by atoms with Crippen molar-refractivity contribution >= 4 is 27.8 Å². The number of aromatic nitrogens is 3. The largest absolute Gasteiger partial charge is 0.497 e. The van der Waals surface area contributed by atoms with Crippen molar-refractivity contribution in [2.24, 2.45) is 0 Å². The maximum Gasteiger partial charge on any atom is 0.258 e. The van der Waals surface area contributed by atoms with E-state index in [1.54, 1.807) is 25.3 Å². The first kappa shape index (κ1) is 23.2. The lowest BCUT2D eigenvalue weighted by Crippen LogP contribution is -2.49. The van der Waals surface area contributed by atoms with Gasteiger partial charge in [0.2, 0.25) is 21.9 Å². The van der Waals surface area contributed by atoms with E-state index in [4.69, 9.17) is 9.47 Å². The molecule has 178 valence electrons. The Labute approximate surface area is 195 Å². The summed E-state index contributed by atoms with van der Waals surface area (Å²) in [5.74, 6) is 0.659. The number of methoxy groups -OCH3 is 2. The number of nitrogens with zero attached hydrogens (tertiary/aromatic N) is 3. The van der Waals surface area contributed by atoms with Gasteiger partial charge < -0.3 is 14.8 Å². The number of carbonyl (C=O) groups excluding carboxylic acids is 2. The number of hydrogen-bond donors (Lipinski definition) is 3. The molecule has 0 bridgehead atoms. The Morgan fingerprint density at radius 1 is 1.12 bits per heavy atom. The summed E-state index contributed by atoms with van der Waals surface area (Å²) in [7, 11) is -0.784. The fourth-order valence-corrected chi connectivity index (χ4v) is 4.75. The van der Waals surface area contributed by atoms with Crippen LogP contribution in [0.1, 0.15) is 10.4 Å². The van der Waals surface area contributed by atoms with Gasteiger partial charge in [0.05, 0.1) is 31.2 Å². The van der Waals surface area contributed by atoms with Crippen LogP contribution >= 0.6 is 0 Å². The van der Waals surface area contributed by atoms with Gasteiger partial charge in [-0.2, -0.15) is 9.29 Å². The first-order valence-corrected chi connectivity index (χ1v) is 11.6. The fraction of sp³-hybridized carbons (Fsp3) is 0.238. The van der Waals surface area contributed by atoms with Gasteiger partial charge in [0, 0.05) is 24.7 Å². The molecule has 4 rings (SSSR count). The molecule has 2 heterocycles. The summed E-state index contributed by atoms with van der Waals surface area (Å²) >= 11 is 0. The van der Waals surface area contributed by atoms with E-state index in [9.17, 15) is 18.0 Å². The zero-order valence-corrected chi connectivity index (χ0v) is 19.2. The molecule has 0 aliphatic carbocycles. The number of anilines is 1. The molecule has 1 aliphatic heterocycles. The summed E-state index contributed by atoms with van der Waals surface area (Å²) in [6.45, 7) is 0.193.